The highest BCUT2D eigenvalue weighted by molar-refractivity contribution is 7.13. The number of rotatable bonds is 6. The predicted octanol–water partition coefficient (Wildman–Crippen LogP) is 4.32. The molecule has 0 aliphatic rings. The topological polar surface area (TPSA) is 59.4 Å². The van der Waals surface area contributed by atoms with Gasteiger partial charge in [-0.15, -0.1) is 11.3 Å². The molecule has 0 spiro atoms. The third-order valence-electron chi connectivity index (χ3n) is 3.51. The van der Waals surface area contributed by atoms with E-state index in [0.29, 0.717) is 12.3 Å². The molecule has 5 heteroatoms. The second kappa shape index (κ2) is 7.27. The van der Waals surface area contributed by atoms with Gasteiger partial charge in [0.25, 0.3) is 0 Å². The summed E-state index contributed by atoms with van der Waals surface area (Å²) in [5.41, 5.74) is 3.90. The van der Waals surface area contributed by atoms with Gasteiger partial charge in [-0.1, -0.05) is 29.8 Å². The van der Waals surface area contributed by atoms with E-state index in [4.69, 9.17) is 9.84 Å². The first-order valence-electron chi connectivity index (χ1n) is 7.55. The number of nitrogens with zero attached hydrogens (tertiary/aromatic N) is 1. The van der Waals surface area contributed by atoms with Gasteiger partial charge in [-0.3, -0.25) is 4.79 Å². The molecule has 24 heavy (non-hydrogen) atoms. The first kappa shape index (κ1) is 16.2. The maximum Gasteiger partial charge on any atom is 0.309 e. The summed E-state index contributed by atoms with van der Waals surface area (Å²) in [5.74, 6) is -0.0756. The minimum atomic E-state index is -0.869. The van der Waals surface area contributed by atoms with E-state index >= 15 is 0 Å². The Hall–Kier alpha value is -2.66. The van der Waals surface area contributed by atoms with Crippen molar-refractivity contribution in [3.8, 4) is 16.3 Å². The standard InChI is InChI=1S/C19H17NO3S/c1-13-2-4-14(5-3-13)11-23-17-8-6-15(7-9-17)19-20-16(12-24-19)10-18(21)22/h2-9,12H,10-11H2,1H3,(H,21,22). The number of hydrogen-bond acceptors (Lipinski definition) is 4. The maximum atomic E-state index is 10.7. The Morgan fingerprint density at radius 2 is 1.83 bits per heavy atom. The molecule has 0 atom stereocenters. The number of carboxylic acids is 1. The van der Waals surface area contributed by atoms with Crippen LogP contribution < -0.4 is 4.74 Å². The lowest BCUT2D eigenvalue weighted by molar-refractivity contribution is -0.136. The van der Waals surface area contributed by atoms with Crippen molar-refractivity contribution in [2.45, 2.75) is 20.0 Å². The first-order valence-corrected chi connectivity index (χ1v) is 8.43. The molecule has 1 aromatic heterocycles. The number of hydrogen-bond donors (Lipinski definition) is 1. The third kappa shape index (κ3) is 4.20. The number of thiazole rings is 1. The molecule has 0 amide bonds. The molecule has 122 valence electrons. The molecule has 2 aromatic carbocycles. The van der Waals surface area contributed by atoms with Crippen molar-refractivity contribution < 1.29 is 14.6 Å². The van der Waals surface area contributed by atoms with E-state index < -0.39 is 5.97 Å². The van der Waals surface area contributed by atoms with Crippen LogP contribution in [0.25, 0.3) is 10.6 Å². The molecular formula is C19H17NO3S. The fraction of sp³-hybridized carbons (Fsp3) is 0.158. The molecular weight excluding hydrogens is 322 g/mol. The van der Waals surface area contributed by atoms with Crippen molar-refractivity contribution >= 4 is 17.3 Å². The summed E-state index contributed by atoms with van der Waals surface area (Å²) >= 11 is 1.45. The van der Waals surface area contributed by atoms with Crippen LogP contribution >= 0.6 is 11.3 Å². The van der Waals surface area contributed by atoms with Gasteiger partial charge in [0, 0.05) is 10.9 Å². The summed E-state index contributed by atoms with van der Waals surface area (Å²) in [5, 5.41) is 11.4. The summed E-state index contributed by atoms with van der Waals surface area (Å²) in [6.07, 6.45) is -0.0474. The van der Waals surface area contributed by atoms with Crippen LogP contribution in [0, 0.1) is 6.92 Å². The average Bonchev–Trinajstić information content (AvgIpc) is 3.02. The summed E-state index contributed by atoms with van der Waals surface area (Å²) in [7, 11) is 0. The fourth-order valence-electron chi connectivity index (χ4n) is 2.22. The van der Waals surface area contributed by atoms with Gasteiger partial charge in [0.2, 0.25) is 0 Å². The Labute approximate surface area is 144 Å². The lowest BCUT2D eigenvalue weighted by atomic mass is 10.2. The normalized spacial score (nSPS) is 10.5. The number of ether oxygens (including phenoxy) is 1. The predicted molar refractivity (Wildman–Crippen MR) is 94.4 cm³/mol. The van der Waals surface area contributed by atoms with Crippen molar-refractivity contribution in [3.05, 3.63) is 70.7 Å². The summed E-state index contributed by atoms with van der Waals surface area (Å²) in [6.45, 7) is 2.59. The van der Waals surface area contributed by atoms with Gasteiger partial charge in [-0.25, -0.2) is 4.98 Å². The van der Waals surface area contributed by atoms with Crippen molar-refractivity contribution in [1.29, 1.82) is 0 Å². The Morgan fingerprint density at radius 1 is 1.12 bits per heavy atom. The summed E-state index contributed by atoms with van der Waals surface area (Å²) in [6, 6.07) is 15.9. The molecule has 0 fully saturated rings. The van der Waals surface area contributed by atoms with Crippen molar-refractivity contribution in [1.82, 2.24) is 4.98 Å². The first-order chi connectivity index (χ1) is 11.6. The van der Waals surface area contributed by atoms with Crippen LogP contribution in [0.2, 0.25) is 0 Å². The molecule has 4 nitrogen and oxygen atoms in total. The van der Waals surface area contributed by atoms with Crippen LogP contribution in [0.3, 0.4) is 0 Å². The molecule has 3 aromatic rings. The van der Waals surface area contributed by atoms with Crippen LogP contribution in [0.5, 0.6) is 5.75 Å². The van der Waals surface area contributed by atoms with Gasteiger partial charge in [0.05, 0.1) is 12.1 Å². The Balaban J connectivity index is 1.63. The van der Waals surface area contributed by atoms with E-state index in [0.717, 1.165) is 21.9 Å². The van der Waals surface area contributed by atoms with Gasteiger partial charge >= 0.3 is 5.97 Å². The highest BCUT2D eigenvalue weighted by Crippen LogP contribution is 2.26. The minimum Gasteiger partial charge on any atom is -0.489 e. The van der Waals surface area contributed by atoms with E-state index in [-0.39, 0.29) is 6.42 Å². The zero-order valence-electron chi connectivity index (χ0n) is 13.2. The zero-order chi connectivity index (χ0) is 16.9. The number of benzene rings is 2. The second-order valence-electron chi connectivity index (χ2n) is 5.51. The Kier molecular flexibility index (Phi) is 4.91. The van der Waals surface area contributed by atoms with Gasteiger partial charge in [0.15, 0.2) is 0 Å². The zero-order valence-corrected chi connectivity index (χ0v) is 14.0. The van der Waals surface area contributed by atoms with E-state index in [1.807, 2.05) is 24.3 Å². The molecule has 1 heterocycles. The molecule has 0 unspecified atom stereocenters. The summed E-state index contributed by atoms with van der Waals surface area (Å²) < 4.78 is 5.79. The van der Waals surface area contributed by atoms with E-state index in [2.05, 4.69) is 36.2 Å². The third-order valence-corrected chi connectivity index (χ3v) is 4.45. The van der Waals surface area contributed by atoms with Crippen LogP contribution in [0.4, 0.5) is 0 Å². The molecule has 0 aliphatic heterocycles. The van der Waals surface area contributed by atoms with Crippen molar-refractivity contribution in [2.75, 3.05) is 0 Å². The molecule has 0 radical (unpaired) electrons. The lowest BCUT2D eigenvalue weighted by Crippen LogP contribution is -1.99. The second-order valence-corrected chi connectivity index (χ2v) is 6.37. The molecule has 0 bridgehead atoms. The number of carboxylic acid groups (broad SMARTS) is 1. The van der Waals surface area contributed by atoms with Crippen LogP contribution in [0.1, 0.15) is 16.8 Å². The largest absolute Gasteiger partial charge is 0.489 e. The summed E-state index contributed by atoms with van der Waals surface area (Å²) in [4.78, 5) is 15.1. The molecule has 0 saturated carbocycles. The number of aliphatic carboxylic acids is 1. The van der Waals surface area contributed by atoms with Crippen molar-refractivity contribution in [2.24, 2.45) is 0 Å². The SMILES string of the molecule is Cc1ccc(COc2ccc(-c3nc(CC(=O)O)cs3)cc2)cc1. The molecule has 0 aliphatic carbocycles. The fourth-order valence-corrected chi connectivity index (χ4v) is 3.05. The average molecular weight is 339 g/mol. The van der Waals surface area contributed by atoms with Crippen LogP contribution in [-0.4, -0.2) is 16.1 Å². The van der Waals surface area contributed by atoms with E-state index in [9.17, 15) is 4.79 Å². The Bertz CT molecular complexity index is 823. The highest BCUT2D eigenvalue weighted by atomic mass is 32.1. The quantitative estimate of drug-likeness (QED) is 0.726. The van der Waals surface area contributed by atoms with E-state index in [1.54, 1.807) is 5.38 Å². The van der Waals surface area contributed by atoms with Gasteiger partial charge in [-0.2, -0.15) is 0 Å². The molecule has 0 saturated heterocycles. The maximum absolute atomic E-state index is 10.7. The minimum absolute atomic E-state index is 0.0474. The number of aromatic nitrogens is 1. The van der Waals surface area contributed by atoms with Gasteiger partial charge in [0.1, 0.15) is 17.4 Å². The lowest BCUT2D eigenvalue weighted by Gasteiger charge is -2.07. The molecule has 3 rings (SSSR count). The number of carbonyl (C=O) groups is 1. The van der Waals surface area contributed by atoms with Crippen molar-refractivity contribution in [3.63, 3.8) is 0 Å². The number of aryl methyl sites for hydroxylation is 1. The smallest absolute Gasteiger partial charge is 0.309 e. The monoisotopic (exact) mass is 339 g/mol. The Morgan fingerprint density at radius 3 is 2.50 bits per heavy atom. The van der Waals surface area contributed by atoms with Gasteiger partial charge < -0.3 is 9.84 Å². The van der Waals surface area contributed by atoms with E-state index in [1.165, 1.54) is 16.9 Å². The highest BCUT2D eigenvalue weighted by Gasteiger charge is 2.08. The van der Waals surface area contributed by atoms with Gasteiger partial charge in [-0.05, 0) is 36.8 Å². The van der Waals surface area contributed by atoms with Crippen LogP contribution in [0.15, 0.2) is 53.9 Å². The molecule has 1 N–H and O–H groups in total. The van der Waals surface area contributed by atoms with Crippen LogP contribution in [-0.2, 0) is 17.8 Å².